The highest BCUT2D eigenvalue weighted by Gasteiger charge is 2.31. The lowest BCUT2D eigenvalue weighted by molar-refractivity contribution is -0.139. The molecule has 3 amide bonds. The van der Waals surface area contributed by atoms with Gasteiger partial charge in [0.2, 0.25) is 11.8 Å². The molecule has 0 aromatic heterocycles. The molecule has 7 heteroatoms. The molecule has 0 aliphatic carbocycles. The van der Waals surface area contributed by atoms with Gasteiger partial charge in [-0.15, -0.1) is 6.58 Å². The Morgan fingerprint density at radius 3 is 2.40 bits per heavy atom. The summed E-state index contributed by atoms with van der Waals surface area (Å²) in [6.45, 7) is 16.2. The monoisotopic (exact) mass is 415 g/mol. The standard InChI is InChI=1S/C23H33N3O4/c1-8-13-26(19(27)15-24-22(29)30-23(5,6)7)20(21(28)25-16(3)4)18-12-10-11-17(9-2)14-18/h8-12,14,16,20H,1-2,13,15H2,3-7H3,(H,24,29)(H,25,28). The van der Waals surface area contributed by atoms with E-state index >= 15 is 0 Å². The van der Waals surface area contributed by atoms with E-state index in [1.165, 1.54) is 4.90 Å². The minimum atomic E-state index is -0.891. The summed E-state index contributed by atoms with van der Waals surface area (Å²) in [5.41, 5.74) is 0.782. The van der Waals surface area contributed by atoms with Crippen LogP contribution in [0.5, 0.6) is 0 Å². The van der Waals surface area contributed by atoms with Gasteiger partial charge in [-0.3, -0.25) is 9.59 Å². The Morgan fingerprint density at radius 2 is 1.87 bits per heavy atom. The van der Waals surface area contributed by atoms with Crippen LogP contribution in [0.1, 0.15) is 51.8 Å². The van der Waals surface area contributed by atoms with Crippen LogP contribution in [0, 0.1) is 0 Å². The molecular weight excluding hydrogens is 382 g/mol. The van der Waals surface area contributed by atoms with Gasteiger partial charge in [0, 0.05) is 12.6 Å². The molecule has 0 heterocycles. The van der Waals surface area contributed by atoms with Crippen LogP contribution in [0.2, 0.25) is 0 Å². The Balaban J connectivity index is 3.18. The zero-order valence-corrected chi connectivity index (χ0v) is 18.5. The maximum Gasteiger partial charge on any atom is 0.408 e. The first-order valence-corrected chi connectivity index (χ1v) is 9.88. The summed E-state index contributed by atoms with van der Waals surface area (Å²) in [7, 11) is 0. The van der Waals surface area contributed by atoms with Gasteiger partial charge in [0.15, 0.2) is 0 Å². The van der Waals surface area contributed by atoms with Crippen LogP contribution in [0.25, 0.3) is 6.08 Å². The number of carbonyl (C=O) groups is 3. The van der Waals surface area contributed by atoms with Crippen molar-refractivity contribution in [2.75, 3.05) is 13.1 Å². The molecule has 1 atom stereocenters. The van der Waals surface area contributed by atoms with Gasteiger partial charge in [-0.05, 0) is 51.8 Å². The van der Waals surface area contributed by atoms with Crippen molar-refractivity contribution in [3.63, 3.8) is 0 Å². The van der Waals surface area contributed by atoms with E-state index < -0.39 is 23.6 Å². The van der Waals surface area contributed by atoms with E-state index in [0.717, 1.165) is 5.56 Å². The fraction of sp³-hybridized carbons (Fsp3) is 0.435. The van der Waals surface area contributed by atoms with Gasteiger partial charge in [-0.1, -0.05) is 36.9 Å². The number of hydrogen-bond donors (Lipinski definition) is 2. The fourth-order valence-electron chi connectivity index (χ4n) is 2.75. The van der Waals surface area contributed by atoms with Crippen molar-refractivity contribution < 1.29 is 19.1 Å². The van der Waals surface area contributed by atoms with Crippen LogP contribution in [-0.4, -0.2) is 47.5 Å². The average Bonchev–Trinajstić information content (AvgIpc) is 2.64. The molecule has 0 bridgehead atoms. The Labute approximate surface area is 179 Å². The topological polar surface area (TPSA) is 87.7 Å². The number of amides is 3. The predicted octanol–water partition coefficient (Wildman–Crippen LogP) is 3.43. The molecule has 30 heavy (non-hydrogen) atoms. The van der Waals surface area contributed by atoms with Crippen molar-refractivity contribution in [1.82, 2.24) is 15.5 Å². The molecule has 1 rings (SSSR count). The van der Waals surface area contributed by atoms with E-state index in [0.29, 0.717) is 5.56 Å². The summed E-state index contributed by atoms with van der Waals surface area (Å²) in [6.07, 6.45) is 2.51. The maximum atomic E-state index is 13.0. The molecule has 1 aromatic carbocycles. The lowest BCUT2D eigenvalue weighted by Gasteiger charge is -2.31. The number of nitrogens with one attached hydrogen (secondary N) is 2. The number of rotatable bonds is 9. The zero-order chi connectivity index (χ0) is 22.9. The number of alkyl carbamates (subject to hydrolysis) is 1. The van der Waals surface area contributed by atoms with Gasteiger partial charge in [-0.25, -0.2) is 4.79 Å². The minimum absolute atomic E-state index is 0.108. The first-order chi connectivity index (χ1) is 14.0. The molecule has 164 valence electrons. The summed E-state index contributed by atoms with van der Waals surface area (Å²) >= 11 is 0. The van der Waals surface area contributed by atoms with Crippen LogP contribution in [0.15, 0.2) is 43.5 Å². The van der Waals surface area contributed by atoms with Crippen molar-refractivity contribution in [2.45, 2.75) is 52.3 Å². The SMILES string of the molecule is C=CCN(C(=O)CNC(=O)OC(C)(C)C)C(C(=O)NC(C)C)c1cccc(C=C)c1. The lowest BCUT2D eigenvalue weighted by atomic mass is 10.0. The first kappa shape index (κ1) is 24.9. The second-order valence-electron chi connectivity index (χ2n) is 8.13. The molecule has 0 spiro atoms. The van der Waals surface area contributed by atoms with E-state index in [1.807, 2.05) is 26.0 Å². The fourth-order valence-corrected chi connectivity index (χ4v) is 2.75. The molecule has 1 unspecified atom stereocenters. The van der Waals surface area contributed by atoms with Crippen LogP contribution in [0.4, 0.5) is 4.79 Å². The molecule has 0 saturated carbocycles. The van der Waals surface area contributed by atoms with Gasteiger partial charge in [-0.2, -0.15) is 0 Å². The minimum Gasteiger partial charge on any atom is -0.444 e. The van der Waals surface area contributed by atoms with Gasteiger partial charge in [0.05, 0.1) is 0 Å². The highest BCUT2D eigenvalue weighted by Crippen LogP contribution is 2.23. The summed E-state index contributed by atoms with van der Waals surface area (Å²) < 4.78 is 5.17. The zero-order valence-electron chi connectivity index (χ0n) is 18.5. The van der Waals surface area contributed by atoms with Crippen LogP contribution < -0.4 is 10.6 Å². The Hall–Kier alpha value is -3.09. The summed E-state index contributed by atoms with van der Waals surface area (Å²) in [6, 6.07) is 6.25. The van der Waals surface area contributed by atoms with Gasteiger partial charge in [0.1, 0.15) is 18.2 Å². The number of ether oxygens (including phenoxy) is 1. The smallest absolute Gasteiger partial charge is 0.408 e. The largest absolute Gasteiger partial charge is 0.444 e. The molecule has 0 fully saturated rings. The number of nitrogens with zero attached hydrogens (tertiary/aromatic N) is 1. The third kappa shape index (κ3) is 8.11. The van der Waals surface area contributed by atoms with E-state index in [-0.39, 0.29) is 25.0 Å². The second kappa shape index (κ2) is 11.2. The predicted molar refractivity (Wildman–Crippen MR) is 119 cm³/mol. The number of hydrogen-bond acceptors (Lipinski definition) is 4. The highest BCUT2D eigenvalue weighted by molar-refractivity contribution is 5.90. The van der Waals surface area contributed by atoms with Crippen molar-refractivity contribution >= 4 is 24.0 Å². The molecule has 0 radical (unpaired) electrons. The van der Waals surface area contributed by atoms with Crippen LogP contribution in [-0.2, 0) is 14.3 Å². The number of benzene rings is 1. The molecule has 2 N–H and O–H groups in total. The second-order valence-corrected chi connectivity index (χ2v) is 8.13. The third-order valence-electron chi connectivity index (χ3n) is 3.88. The van der Waals surface area contributed by atoms with Crippen molar-refractivity contribution in [2.24, 2.45) is 0 Å². The van der Waals surface area contributed by atoms with Crippen molar-refractivity contribution in [3.05, 3.63) is 54.6 Å². The van der Waals surface area contributed by atoms with Crippen molar-refractivity contribution in [1.29, 1.82) is 0 Å². The molecular formula is C23H33N3O4. The quantitative estimate of drug-likeness (QED) is 0.605. The summed E-state index contributed by atoms with van der Waals surface area (Å²) in [5.74, 6) is -0.757. The van der Waals surface area contributed by atoms with E-state index in [2.05, 4.69) is 23.8 Å². The van der Waals surface area contributed by atoms with Gasteiger partial charge < -0.3 is 20.3 Å². The Bertz CT molecular complexity index is 781. The van der Waals surface area contributed by atoms with E-state index in [1.54, 1.807) is 45.1 Å². The van der Waals surface area contributed by atoms with E-state index in [4.69, 9.17) is 4.74 Å². The molecule has 0 saturated heterocycles. The summed E-state index contributed by atoms with van der Waals surface area (Å²) in [5, 5.41) is 5.32. The number of carbonyl (C=O) groups excluding carboxylic acids is 3. The third-order valence-corrected chi connectivity index (χ3v) is 3.88. The molecule has 0 aliphatic heterocycles. The first-order valence-electron chi connectivity index (χ1n) is 9.88. The molecule has 0 aliphatic rings. The molecule has 7 nitrogen and oxygen atoms in total. The highest BCUT2D eigenvalue weighted by atomic mass is 16.6. The van der Waals surface area contributed by atoms with E-state index in [9.17, 15) is 14.4 Å². The van der Waals surface area contributed by atoms with Gasteiger partial charge >= 0.3 is 6.09 Å². The van der Waals surface area contributed by atoms with Gasteiger partial charge in [0.25, 0.3) is 0 Å². The summed E-state index contributed by atoms with van der Waals surface area (Å²) in [4.78, 5) is 39.3. The molecule has 1 aromatic rings. The van der Waals surface area contributed by atoms with Crippen LogP contribution in [0.3, 0.4) is 0 Å². The normalized spacial score (nSPS) is 11.9. The Morgan fingerprint density at radius 1 is 1.20 bits per heavy atom. The maximum absolute atomic E-state index is 13.0. The lowest BCUT2D eigenvalue weighted by Crippen LogP contribution is -2.48. The van der Waals surface area contributed by atoms with Crippen molar-refractivity contribution in [3.8, 4) is 0 Å². The average molecular weight is 416 g/mol. The Kier molecular flexibility index (Phi) is 9.30. The van der Waals surface area contributed by atoms with Crippen LogP contribution >= 0.6 is 0 Å².